The van der Waals surface area contributed by atoms with Crippen LogP contribution in [0.1, 0.15) is 63.5 Å². The number of nitrogens with one attached hydrogen (secondary N) is 2. The Morgan fingerprint density at radius 2 is 1.48 bits per heavy atom. The molecule has 0 saturated heterocycles. The van der Waals surface area contributed by atoms with Crippen molar-refractivity contribution in [1.82, 2.24) is 10.6 Å². The number of rotatable bonds is 6. The van der Waals surface area contributed by atoms with Crippen molar-refractivity contribution in [3.8, 4) is 0 Å². The molecule has 152 valence electrons. The highest BCUT2D eigenvalue weighted by Gasteiger charge is 2.27. The van der Waals surface area contributed by atoms with Crippen LogP contribution in [0.25, 0.3) is 0 Å². The molecule has 4 rings (SSSR count). The van der Waals surface area contributed by atoms with Gasteiger partial charge in [-0.2, -0.15) is 0 Å². The van der Waals surface area contributed by atoms with E-state index in [1.54, 1.807) is 0 Å². The second-order valence-electron chi connectivity index (χ2n) is 8.08. The average molecular weight is 392 g/mol. The van der Waals surface area contributed by atoms with Crippen molar-refractivity contribution in [2.24, 2.45) is 0 Å². The van der Waals surface area contributed by atoms with Gasteiger partial charge in [-0.05, 0) is 78.8 Å². The van der Waals surface area contributed by atoms with Gasteiger partial charge in [-0.1, -0.05) is 30.3 Å². The van der Waals surface area contributed by atoms with E-state index in [9.17, 15) is 14.7 Å². The summed E-state index contributed by atoms with van der Waals surface area (Å²) in [5, 5.41) is 15.2. The van der Waals surface area contributed by atoms with Gasteiger partial charge in [0, 0.05) is 18.7 Å². The molecule has 0 saturated carbocycles. The molecule has 29 heavy (non-hydrogen) atoms. The van der Waals surface area contributed by atoms with Crippen LogP contribution in [0.5, 0.6) is 0 Å². The highest BCUT2D eigenvalue weighted by atomic mass is 16.3. The van der Waals surface area contributed by atoms with Crippen LogP contribution < -0.4 is 10.6 Å². The van der Waals surface area contributed by atoms with E-state index in [0.717, 1.165) is 55.2 Å². The minimum atomic E-state index is -1.04. The van der Waals surface area contributed by atoms with Gasteiger partial charge in [0.15, 0.2) is 0 Å². The molecule has 0 fully saturated rings. The van der Waals surface area contributed by atoms with Crippen molar-refractivity contribution in [2.75, 3.05) is 0 Å². The van der Waals surface area contributed by atoms with Crippen LogP contribution in [-0.2, 0) is 43.6 Å². The molecule has 0 aliphatic heterocycles. The first-order chi connectivity index (χ1) is 14.0. The summed E-state index contributed by atoms with van der Waals surface area (Å²) in [4.78, 5) is 24.9. The zero-order valence-electron chi connectivity index (χ0n) is 16.9. The van der Waals surface area contributed by atoms with E-state index in [4.69, 9.17) is 0 Å². The van der Waals surface area contributed by atoms with E-state index in [1.165, 1.54) is 29.2 Å². The van der Waals surface area contributed by atoms with Crippen LogP contribution in [0.4, 0.5) is 0 Å². The second kappa shape index (κ2) is 8.37. The second-order valence-corrected chi connectivity index (χ2v) is 8.08. The molecule has 1 unspecified atom stereocenters. The first-order valence-corrected chi connectivity index (χ1v) is 10.5. The number of benzene rings is 2. The lowest BCUT2D eigenvalue weighted by atomic mass is 9.93. The van der Waals surface area contributed by atoms with Gasteiger partial charge in [-0.25, -0.2) is 0 Å². The zero-order chi connectivity index (χ0) is 20.4. The Balaban J connectivity index is 1.50. The lowest BCUT2D eigenvalue weighted by molar-refractivity contribution is -0.128. The van der Waals surface area contributed by atoms with Crippen molar-refractivity contribution < 1.29 is 14.7 Å². The smallest absolute Gasteiger partial charge is 0.252 e. The summed E-state index contributed by atoms with van der Waals surface area (Å²) in [7, 11) is 0. The number of hydrogen-bond acceptors (Lipinski definition) is 3. The quantitative estimate of drug-likeness (QED) is 0.707. The first kappa shape index (κ1) is 19.6. The van der Waals surface area contributed by atoms with Crippen molar-refractivity contribution >= 4 is 11.8 Å². The van der Waals surface area contributed by atoms with E-state index in [0.29, 0.717) is 13.1 Å². The number of aryl methyl sites for hydroxylation is 2. The normalized spacial score (nSPS) is 15.5. The molecule has 2 amide bonds. The number of hydrogen-bond donors (Lipinski definition) is 3. The third-order valence-corrected chi connectivity index (χ3v) is 6.09. The number of carbonyl (C=O) groups excluding carboxylic acids is 2. The summed E-state index contributed by atoms with van der Waals surface area (Å²) in [5.41, 5.74) is 8.05. The molecule has 3 N–H and O–H groups in total. The van der Waals surface area contributed by atoms with Crippen molar-refractivity contribution in [3.63, 3.8) is 0 Å². The topological polar surface area (TPSA) is 78.4 Å². The highest BCUT2D eigenvalue weighted by Crippen LogP contribution is 2.35. The Bertz CT molecular complexity index is 917. The number of amides is 2. The number of aliphatic hydroxyl groups excluding tert-OH is 1. The minimum Gasteiger partial charge on any atom is -0.384 e. The summed E-state index contributed by atoms with van der Waals surface area (Å²) >= 11 is 0. The van der Waals surface area contributed by atoms with Crippen LogP contribution in [0, 0.1) is 0 Å². The number of carbonyl (C=O) groups is 2. The van der Waals surface area contributed by atoms with Crippen LogP contribution >= 0.6 is 0 Å². The highest BCUT2D eigenvalue weighted by molar-refractivity contribution is 5.98. The molecule has 1 atom stereocenters. The van der Waals surface area contributed by atoms with Gasteiger partial charge < -0.3 is 15.7 Å². The van der Waals surface area contributed by atoms with Gasteiger partial charge in [-0.15, -0.1) is 0 Å². The summed E-state index contributed by atoms with van der Waals surface area (Å²) in [6.07, 6.45) is 5.36. The summed E-state index contributed by atoms with van der Waals surface area (Å²) < 4.78 is 0. The number of fused-ring (bicyclic) bond motifs is 2. The zero-order valence-corrected chi connectivity index (χ0v) is 16.9. The Morgan fingerprint density at radius 3 is 2.03 bits per heavy atom. The molecule has 2 aromatic carbocycles. The fourth-order valence-electron chi connectivity index (χ4n) is 4.59. The molecule has 2 aliphatic carbocycles. The Hall–Kier alpha value is -2.66. The lowest BCUT2D eigenvalue weighted by Gasteiger charge is -2.16. The lowest BCUT2D eigenvalue weighted by Crippen LogP contribution is -2.32. The van der Waals surface area contributed by atoms with Gasteiger partial charge in [0.1, 0.15) is 6.10 Å². The fourth-order valence-corrected chi connectivity index (χ4v) is 4.59. The first-order valence-electron chi connectivity index (χ1n) is 10.5. The van der Waals surface area contributed by atoms with E-state index in [-0.39, 0.29) is 5.91 Å². The molecule has 5 heteroatoms. The van der Waals surface area contributed by atoms with Crippen molar-refractivity contribution in [3.05, 3.63) is 69.3 Å². The Morgan fingerprint density at radius 1 is 0.931 bits per heavy atom. The van der Waals surface area contributed by atoms with Gasteiger partial charge in [0.2, 0.25) is 5.91 Å². The van der Waals surface area contributed by atoms with Crippen LogP contribution in [0.15, 0.2) is 30.3 Å². The predicted molar refractivity (Wildman–Crippen MR) is 112 cm³/mol. The maximum Gasteiger partial charge on any atom is 0.252 e. The standard InChI is InChI=1S/C24H28N2O3/c1-15(27)23(28)25-13-18-6-2-3-7-19(18)14-26-24(29)22-20-10-4-8-16(20)12-17-9-5-11-21(17)22/h2-3,6-7,12,15,27H,4-5,8-11,13-14H2,1H3,(H,25,28)(H,26,29). The largest absolute Gasteiger partial charge is 0.384 e. The Labute approximate surface area is 171 Å². The van der Waals surface area contributed by atoms with Gasteiger partial charge in [-0.3, -0.25) is 9.59 Å². The minimum absolute atomic E-state index is 0.0183. The molecule has 0 bridgehead atoms. The van der Waals surface area contributed by atoms with Crippen LogP contribution in [0.2, 0.25) is 0 Å². The fraction of sp³-hybridized carbons (Fsp3) is 0.417. The van der Waals surface area contributed by atoms with Gasteiger partial charge in [0.05, 0.1) is 0 Å². The number of aliphatic hydroxyl groups is 1. The summed E-state index contributed by atoms with van der Waals surface area (Å²) in [6, 6.07) is 10.1. The molecule has 2 aromatic rings. The third-order valence-electron chi connectivity index (χ3n) is 6.09. The van der Waals surface area contributed by atoms with Crippen LogP contribution in [-0.4, -0.2) is 23.0 Å². The Kier molecular flexibility index (Phi) is 5.67. The van der Waals surface area contributed by atoms with E-state index < -0.39 is 12.0 Å². The molecule has 0 heterocycles. The van der Waals surface area contributed by atoms with E-state index in [2.05, 4.69) is 16.7 Å². The van der Waals surface area contributed by atoms with Crippen molar-refractivity contribution in [1.29, 1.82) is 0 Å². The van der Waals surface area contributed by atoms with Gasteiger partial charge in [0.25, 0.3) is 5.91 Å². The molecular weight excluding hydrogens is 364 g/mol. The molecule has 2 aliphatic rings. The van der Waals surface area contributed by atoms with Crippen LogP contribution in [0.3, 0.4) is 0 Å². The molecule has 5 nitrogen and oxygen atoms in total. The molecule has 0 radical (unpaired) electrons. The third kappa shape index (κ3) is 4.06. The summed E-state index contributed by atoms with van der Waals surface area (Å²) in [5.74, 6) is -0.385. The SMILES string of the molecule is CC(O)C(=O)NCc1ccccc1CNC(=O)c1c2c(cc3c1CCC3)CCC2. The van der Waals surface area contributed by atoms with E-state index >= 15 is 0 Å². The molecular formula is C24H28N2O3. The predicted octanol–water partition coefficient (Wildman–Crippen LogP) is 2.59. The van der Waals surface area contributed by atoms with Gasteiger partial charge >= 0.3 is 0 Å². The van der Waals surface area contributed by atoms with E-state index in [1.807, 2.05) is 24.3 Å². The maximum atomic E-state index is 13.2. The maximum absolute atomic E-state index is 13.2. The monoisotopic (exact) mass is 392 g/mol. The van der Waals surface area contributed by atoms with Crippen molar-refractivity contribution in [2.45, 2.75) is 64.6 Å². The molecule has 0 aromatic heterocycles. The summed E-state index contributed by atoms with van der Waals surface area (Å²) in [6.45, 7) is 2.18. The molecule has 0 spiro atoms. The average Bonchev–Trinajstić information content (AvgIpc) is 3.37.